The molecule has 0 amide bonds. The number of nitrogens with zero attached hydrogens (tertiary/aromatic N) is 3. The van der Waals surface area contributed by atoms with E-state index in [0.717, 1.165) is 18.4 Å². The highest BCUT2D eigenvalue weighted by Crippen LogP contribution is 2.22. The van der Waals surface area contributed by atoms with Gasteiger partial charge in [0.05, 0.1) is 11.8 Å². The van der Waals surface area contributed by atoms with Crippen molar-refractivity contribution in [3.05, 3.63) is 28.7 Å². The van der Waals surface area contributed by atoms with Gasteiger partial charge in [0.1, 0.15) is 5.15 Å². The average Bonchev–Trinajstić information content (AvgIpc) is 2.58. The molecule has 2 aromatic heterocycles. The number of carbonyl (C=O) groups excluding carboxylic acids is 1. The molecule has 90 valence electrons. The second-order valence-electron chi connectivity index (χ2n) is 5.26. The topological polar surface area (TPSA) is 47.3 Å². The van der Waals surface area contributed by atoms with Gasteiger partial charge < -0.3 is 0 Å². The lowest BCUT2D eigenvalue weighted by Gasteiger charge is -2.17. The monoisotopic (exact) mass is 251 g/mol. The van der Waals surface area contributed by atoms with Gasteiger partial charge in [-0.2, -0.15) is 5.10 Å². The Bertz CT molecular complexity index is 569. The van der Waals surface area contributed by atoms with E-state index < -0.39 is 0 Å². The van der Waals surface area contributed by atoms with Crippen molar-refractivity contribution in [3.63, 3.8) is 0 Å². The fourth-order valence-electron chi connectivity index (χ4n) is 1.71. The van der Waals surface area contributed by atoms with Gasteiger partial charge in [-0.1, -0.05) is 32.4 Å². The van der Waals surface area contributed by atoms with Crippen LogP contribution in [0.5, 0.6) is 0 Å². The maximum atomic E-state index is 10.9. The molecule has 0 unspecified atom stereocenters. The Morgan fingerprint density at radius 2 is 2.18 bits per heavy atom. The molecule has 4 nitrogen and oxygen atoms in total. The summed E-state index contributed by atoms with van der Waals surface area (Å²) in [6.07, 6.45) is 3.02. The number of carbonyl (C=O) groups is 1. The summed E-state index contributed by atoms with van der Waals surface area (Å²) in [4.78, 5) is 15.3. The molecule has 2 aromatic rings. The van der Waals surface area contributed by atoms with Crippen LogP contribution in [0.4, 0.5) is 0 Å². The fraction of sp³-hybridized carbons (Fsp3) is 0.417. The van der Waals surface area contributed by atoms with Gasteiger partial charge in [-0.15, -0.1) is 0 Å². The van der Waals surface area contributed by atoms with Gasteiger partial charge in [-0.25, -0.2) is 9.50 Å². The first-order valence-electron chi connectivity index (χ1n) is 5.39. The highest BCUT2D eigenvalue weighted by atomic mass is 35.5. The summed E-state index contributed by atoms with van der Waals surface area (Å²) in [6, 6.07) is 1.79. The van der Waals surface area contributed by atoms with Crippen molar-refractivity contribution in [2.24, 2.45) is 5.41 Å². The van der Waals surface area contributed by atoms with Crippen LogP contribution in [0.3, 0.4) is 0 Å². The van der Waals surface area contributed by atoms with Crippen molar-refractivity contribution in [3.8, 4) is 0 Å². The molecular formula is C12H14ClN3O. The van der Waals surface area contributed by atoms with E-state index in [0.29, 0.717) is 16.4 Å². The number of hydrogen-bond acceptors (Lipinski definition) is 3. The fourth-order valence-corrected chi connectivity index (χ4v) is 1.96. The maximum Gasteiger partial charge on any atom is 0.167 e. The quantitative estimate of drug-likeness (QED) is 0.609. The van der Waals surface area contributed by atoms with Crippen LogP contribution in [0.2, 0.25) is 5.15 Å². The summed E-state index contributed by atoms with van der Waals surface area (Å²) in [7, 11) is 0. The van der Waals surface area contributed by atoms with Gasteiger partial charge in [0.25, 0.3) is 0 Å². The molecule has 0 aliphatic carbocycles. The Hall–Kier alpha value is -1.42. The second kappa shape index (κ2) is 4.11. The number of aromatic nitrogens is 3. The Balaban J connectivity index is 2.56. The lowest BCUT2D eigenvalue weighted by Crippen LogP contribution is -2.11. The predicted octanol–water partition coefficient (Wildman–Crippen LogP) is 2.78. The van der Waals surface area contributed by atoms with E-state index in [4.69, 9.17) is 11.6 Å². The van der Waals surface area contributed by atoms with E-state index in [1.807, 2.05) is 0 Å². The third-order valence-electron chi connectivity index (χ3n) is 2.35. The van der Waals surface area contributed by atoms with Crippen molar-refractivity contribution >= 4 is 23.5 Å². The molecule has 0 saturated carbocycles. The first-order chi connectivity index (χ1) is 7.90. The third kappa shape index (κ3) is 2.47. The molecule has 0 bridgehead atoms. The number of aldehydes is 1. The molecule has 17 heavy (non-hydrogen) atoms. The van der Waals surface area contributed by atoms with Gasteiger partial charge in [0, 0.05) is 5.69 Å². The standard InChI is InChI=1S/C12H14ClN3O/c1-12(2,3)5-9-4-10(13)16-11(15-9)8(7-17)6-14-16/h4,6-7H,5H2,1-3H3. The van der Waals surface area contributed by atoms with Crippen LogP contribution < -0.4 is 0 Å². The Kier molecular flexibility index (Phi) is 2.91. The number of hydrogen-bond donors (Lipinski definition) is 0. The zero-order valence-electron chi connectivity index (χ0n) is 10.1. The zero-order valence-corrected chi connectivity index (χ0v) is 10.8. The number of halogens is 1. The maximum absolute atomic E-state index is 10.9. The third-order valence-corrected chi connectivity index (χ3v) is 2.62. The Morgan fingerprint density at radius 1 is 1.47 bits per heavy atom. The zero-order chi connectivity index (χ0) is 12.6. The van der Waals surface area contributed by atoms with Gasteiger partial charge >= 0.3 is 0 Å². The Labute approximate surface area is 105 Å². The molecule has 2 heterocycles. The minimum absolute atomic E-state index is 0.121. The van der Waals surface area contributed by atoms with Crippen LogP contribution in [-0.4, -0.2) is 20.9 Å². The minimum Gasteiger partial charge on any atom is -0.298 e. The molecule has 0 atom stereocenters. The SMILES string of the molecule is CC(C)(C)Cc1cc(Cl)n2ncc(C=O)c2n1. The van der Waals surface area contributed by atoms with Crippen molar-refractivity contribution in [1.29, 1.82) is 0 Å². The van der Waals surface area contributed by atoms with Crippen LogP contribution in [0, 0.1) is 5.41 Å². The smallest absolute Gasteiger partial charge is 0.167 e. The molecule has 0 N–H and O–H groups in total. The molecule has 2 rings (SSSR count). The first-order valence-corrected chi connectivity index (χ1v) is 5.77. The van der Waals surface area contributed by atoms with Crippen LogP contribution in [-0.2, 0) is 6.42 Å². The number of rotatable bonds is 2. The molecule has 0 aromatic carbocycles. The summed E-state index contributed by atoms with van der Waals surface area (Å²) in [6.45, 7) is 6.39. The highest BCUT2D eigenvalue weighted by Gasteiger charge is 2.15. The normalized spacial score (nSPS) is 12.0. The average molecular weight is 252 g/mol. The molecular weight excluding hydrogens is 238 g/mol. The Morgan fingerprint density at radius 3 is 2.76 bits per heavy atom. The molecule has 0 aliphatic heterocycles. The van der Waals surface area contributed by atoms with E-state index in [1.165, 1.54) is 10.7 Å². The highest BCUT2D eigenvalue weighted by molar-refractivity contribution is 6.29. The largest absolute Gasteiger partial charge is 0.298 e. The number of fused-ring (bicyclic) bond motifs is 1. The van der Waals surface area contributed by atoms with E-state index >= 15 is 0 Å². The lowest BCUT2D eigenvalue weighted by atomic mass is 9.90. The summed E-state index contributed by atoms with van der Waals surface area (Å²) in [5.74, 6) is 0. The van der Waals surface area contributed by atoms with Gasteiger partial charge in [-0.05, 0) is 17.9 Å². The van der Waals surface area contributed by atoms with E-state index in [1.54, 1.807) is 6.07 Å². The molecule has 0 fully saturated rings. The van der Waals surface area contributed by atoms with Gasteiger partial charge in [0.2, 0.25) is 0 Å². The first kappa shape index (κ1) is 12.0. The van der Waals surface area contributed by atoms with Crippen molar-refractivity contribution in [1.82, 2.24) is 14.6 Å². The summed E-state index contributed by atoms with van der Waals surface area (Å²) >= 11 is 6.11. The van der Waals surface area contributed by atoms with E-state index in [2.05, 4.69) is 30.9 Å². The van der Waals surface area contributed by atoms with Crippen LogP contribution >= 0.6 is 11.6 Å². The van der Waals surface area contributed by atoms with Crippen molar-refractivity contribution in [2.45, 2.75) is 27.2 Å². The van der Waals surface area contributed by atoms with E-state index in [9.17, 15) is 4.79 Å². The van der Waals surface area contributed by atoms with Crippen LogP contribution in [0.25, 0.3) is 5.65 Å². The van der Waals surface area contributed by atoms with Gasteiger partial charge in [0.15, 0.2) is 11.9 Å². The van der Waals surface area contributed by atoms with Crippen molar-refractivity contribution in [2.75, 3.05) is 0 Å². The molecule has 0 aliphatic rings. The molecule has 5 heteroatoms. The lowest BCUT2D eigenvalue weighted by molar-refractivity contribution is 0.112. The van der Waals surface area contributed by atoms with Crippen molar-refractivity contribution < 1.29 is 4.79 Å². The van der Waals surface area contributed by atoms with E-state index in [-0.39, 0.29) is 5.41 Å². The molecule has 0 radical (unpaired) electrons. The second-order valence-corrected chi connectivity index (χ2v) is 5.65. The summed E-state index contributed by atoms with van der Waals surface area (Å²) < 4.78 is 1.47. The minimum atomic E-state index is 0.121. The molecule has 0 saturated heterocycles. The molecule has 0 spiro atoms. The predicted molar refractivity (Wildman–Crippen MR) is 66.5 cm³/mol. The van der Waals surface area contributed by atoms with Crippen LogP contribution in [0.1, 0.15) is 36.8 Å². The van der Waals surface area contributed by atoms with Gasteiger partial charge in [-0.3, -0.25) is 4.79 Å². The van der Waals surface area contributed by atoms with Crippen LogP contribution in [0.15, 0.2) is 12.3 Å². The summed E-state index contributed by atoms with van der Waals surface area (Å²) in [5.41, 5.74) is 1.98. The summed E-state index contributed by atoms with van der Waals surface area (Å²) in [5, 5.41) is 4.49.